The number of rotatable bonds is 6. The highest BCUT2D eigenvalue weighted by Gasteiger charge is 2.20. The first-order valence-corrected chi connectivity index (χ1v) is 12.3. The highest BCUT2D eigenvalue weighted by Crippen LogP contribution is 2.25. The van der Waals surface area contributed by atoms with Crippen LogP contribution in [0.25, 0.3) is 0 Å². The van der Waals surface area contributed by atoms with Crippen molar-refractivity contribution in [2.24, 2.45) is 0 Å². The van der Waals surface area contributed by atoms with Gasteiger partial charge in [0.25, 0.3) is 0 Å². The van der Waals surface area contributed by atoms with Crippen LogP contribution in [0.3, 0.4) is 0 Å². The molecule has 33 heavy (non-hydrogen) atoms. The molecular formula is C26H31N5OS. The summed E-state index contributed by atoms with van der Waals surface area (Å²) in [7, 11) is 0. The summed E-state index contributed by atoms with van der Waals surface area (Å²) in [5.41, 5.74) is 7.04. The average Bonchev–Trinajstić information content (AvgIpc) is 2.82. The van der Waals surface area contributed by atoms with Crippen molar-refractivity contribution in [3.8, 4) is 0 Å². The Balaban J connectivity index is 1.33. The molecular weight excluding hydrogens is 430 g/mol. The van der Waals surface area contributed by atoms with E-state index in [0.717, 1.165) is 48.8 Å². The van der Waals surface area contributed by atoms with Gasteiger partial charge in [0, 0.05) is 43.8 Å². The van der Waals surface area contributed by atoms with Crippen molar-refractivity contribution in [1.29, 1.82) is 0 Å². The minimum atomic E-state index is -0.0511. The Morgan fingerprint density at radius 1 is 0.970 bits per heavy atom. The SMILES string of the molecule is Cc1ccc(C)c(N2CCN(c3ccnc(SCC(=O)Nc4cccc(C)c4C)n3)CC2)c1. The van der Waals surface area contributed by atoms with E-state index in [2.05, 4.69) is 52.1 Å². The number of hydrogen-bond donors (Lipinski definition) is 1. The molecule has 0 spiro atoms. The molecule has 2 aromatic carbocycles. The number of carbonyl (C=O) groups is 1. The molecule has 0 bridgehead atoms. The molecule has 1 saturated heterocycles. The number of aryl methyl sites for hydroxylation is 3. The average molecular weight is 462 g/mol. The molecule has 1 fully saturated rings. The van der Waals surface area contributed by atoms with Crippen molar-refractivity contribution in [2.45, 2.75) is 32.9 Å². The van der Waals surface area contributed by atoms with Gasteiger partial charge in [0.2, 0.25) is 5.91 Å². The molecule has 2 heterocycles. The molecule has 0 aliphatic carbocycles. The van der Waals surface area contributed by atoms with Crippen LogP contribution >= 0.6 is 11.8 Å². The van der Waals surface area contributed by atoms with E-state index in [0.29, 0.717) is 5.16 Å². The van der Waals surface area contributed by atoms with E-state index in [1.165, 1.54) is 28.6 Å². The fourth-order valence-corrected chi connectivity index (χ4v) is 4.64. The van der Waals surface area contributed by atoms with Crippen molar-refractivity contribution in [3.05, 3.63) is 70.9 Å². The minimum Gasteiger partial charge on any atom is -0.368 e. The third-order valence-corrected chi connectivity index (χ3v) is 7.00. The number of aromatic nitrogens is 2. The second-order valence-electron chi connectivity index (χ2n) is 8.55. The molecule has 0 radical (unpaired) electrons. The first-order valence-electron chi connectivity index (χ1n) is 11.3. The fraction of sp³-hybridized carbons (Fsp3) is 0.346. The molecule has 0 unspecified atom stereocenters. The second kappa shape index (κ2) is 10.3. The number of benzene rings is 2. The number of thioether (sulfide) groups is 1. The van der Waals surface area contributed by atoms with Crippen LogP contribution in [0.1, 0.15) is 22.3 Å². The van der Waals surface area contributed by atoms with Crippen LogP contribution in [-0.4, -0.2) is 47.8 Å². The van der Waals surface area contributed by atoms with E-state index in [4.69, 9.17) is 4.98 Å². The van der Waals surface area contributed by atoms with Gasteiger partial charge in [-0.05, 0) is 68.1 Å². The molecule has 1 aliphatic heterocycles. The highest BCUT2D eigenvalue weighted by atomic mass is 32.2. The summed E-state index contributed by atoms with van der Waals surface area (Å²) in [4.78, 5) is 26.3. The minimum absolute atomic E-state index is 0.0511. The van der Waals surface area contributed by atoms with Crippen molar-refractivity contribution >= 4 is 34.9 Å². The second-order valence-corrected chi connectivity index (χ2v) is 9.49. The maximum atomic E-state index is 12.5. The van der Waals surface area contributed by atoms with Crippen molar-refractivity contribution in [2.75, 3.05) is 47.0 Å². The van der Waals surface area contributed by atoms with Gasteiger partial charge in [0.15, 0.2) is 5.16 Å². The fourth-order valence-electron chi connectivity index (χ4n) is 4.02. The van der Waals surface area contributed by atoms with Crippen molar-refractivity contribution in [3.63, 3.8) is 0 Å². The van der Waals surface area contributed by atoms with E-state index >= 15 is 0 Å². The molecule has 4 rings (SSSR count). The normalized spacial score (nSPS) is 13.8. The zero-order valence-corrected chi connectivity index (χ0v) is 20.6. The van der Waals surface area contributed by atoms with Crippen molar-refractivity contribution < 1.29 is 4.79 Å². The summed E-state index contributed by atoms with van der Waals surface area (Å²) in [6.07, 6.45) is 1.78. The summed E-state index contributed by atoms with van der Waals surface area (Å²) >= 11 is 1.37. The summed E-state index contributed by atoms with van der Waals surface area (Å²) in [6.45, 7) is 12.1. The lowest BCUT2D eigenvalue weighted by Gasteiger charge is -2.37. The standard InChI is InChI=1S/C26H31N5OS/c1-18-8-9-20(3)23(16-18)30-12-14-31(15-13-30)24-10-11-27-26(29-24)33-17-25(32)28-22-7-5-6-19(2)21(22)4/h5-11,16H,12-15,17H2,1-4H3,(H,28,32). The Morgan fingerprint density at radius 2 is 1.73 bits per heavy atom. The maximum absolute atomic E-state index is 12.5. The molecule has 1 N–H and O–H groups in total. The monoisotopic (exact) mass is 461 g/mol. The molecule has 1 aliphatic rings. The zero-order chi connectivity index (χ0) is 23.4. The van der Waals surface area contributed by atoms with Gasteiger partial charge in [-0.25, -0.2) is 9.97 Å². The van der Waals surface area contributed by atoms with Gasteiger partial charge in [-0.1, -0.05) is 36.0 Å². The Morgan fingerprint density at radius 3 is 2.52 bits per heavy atom. The molecule has 1 amide bonds. The summed E-state index contributed by atoms with van der Waals surface area (Å²) < 4.78 is 0. The lowest BCUT2D eigenvalue weighted by atomic mass is 10.1. The van der Waals surface area contributed by atoms with Crippen LogP contribution in [-0.2, 0) is 4.79 Å². The van der Waals surface area contributed by atoms with E-state index in [9.17, 15) is 4.79 Å². The first kappa shape index (κ1) is 23.1. The third-order valence-electron chi connectivity index (χ3n) is 6.14. The van der Waals surface area contributed by atoms with Crippen LogP contribution in [0.4, 0.5) is 17.2 Å². The number of amides is 1. The molecule has 1 aromatic heterocycles. The van der Waals surface area contributed by atoms with Crippen LogP contribution in [0.2, 0.25) is 0 Å². The highest BCUT2D eigenvalue weighted by molar-refractivity contribution is 7.99. The predicted molar refractivity (Wildman–Crippen MR) is 138 cm³/mol. The summed E-state index contributed by atoms with van der Waals surface area (Å²) in [5.74, 6) is 1.14. The number of anilines is 3. The lowest BCUT2D eigenvalue weighted by molar-refractivity contribution is -0.113. The Bertz CT molecular complexity index is 1140. The van der Waals surface area contributed by atoms with Crippen LogP contribution in [0.15, 0.2) is 53.8 Å². The van der Waals surface area contributed by atoms with Crippen LogP contribution < -0.4 is 15.1 Å². The molecule has 0 saturated carbocycles. The van der Waals surface area contributed by atoms with Gasteiger partial charge in [0.1, 0.15) is 5.82 Å². The van der Waals surface area contributed by atoms with Crippen LogP contribution in [0.5, 0.6) is 0 Å². The van der Waals surface area contributed by atoms with E-state index in [1.807, 2.05) is 38.1 Å². The van der Waals surface area contributed by atoms with Gasteiger partial charge in [-0.2, -0.15) is 0 Å². The number of hydrogen-bond acceptors (Lipinski definition) is 6. The topological polar surface area (TPSA) is 61.4 Å². The van der Waals surface area contributed by atoms with Gasteiger partial charge in [0.05, 0.1) is 5.75 Å². The molecule has 3 aromatic rings. The van der Waals surface area contributed by atoms with Gasteiger partial charge < -0.3 is 15.1 Å². The molecule has 0 atom stereocenters. The lowest BCUT2D eigenvalue weighted by Crippen LogP contribution is -2.47. The Hall–Kier alpha value is -3.06. The van der Waals surface area contributed by atoms with Crippen LogP contribution in [0, 0.1) is 27.7 Å². The predicted octanol–water partition coefficient (Wildman–Crippen LogP) is 4.77. The smallest absolute Gasteiger partial charge is 0.234 e. The van der Waals surface area contributed by atoms with Gasteiger partial charge in [-0.15, -0.1) is 0 Å². The number of piperazine rings is 1. The van der Waals surface area contributed by atoms with E-state index < -0.39 is 0 Å². The number of nitrogens with one attached hydrogen (secondary N) is 1. The maximum Gasteiger partial charge on any atom is 0.234 e. The number of carbonyl (C=O) groups excluding carboxylic acids is 1. The Kier molecular flexibility index (Phi) is 7.18. The van der Waals surface area contributed by atoms with Crippen molar-refractivity contribution in [1.82, 2.24) is 9.97 Å². The quantitative estimate of drug-likeness (QED) is 0.422. The number of nitrogens with zero attached hydrogens (tertiary/aromatic N) is 4. The largest absolute Gasteiger partial charge is 0.368 e. The molecule has 6 nitrogen and oxygen atoms in total. The first-order chi connectivity index (χ1) is 15.9. The molecule has 7 heteroatoms. The molecule has 172 valence electrons. The Labute approximate surface area is 200 Å². The zero-order valence-electron chi connectivity index (χ0n) is 19.8. The van der Waals surface area contributed by atoms with Gasteiger partial charge in [-0.3, -0.25) is 4.79 Å². The summed E-state index contributed by atoms with van der Waals surface area (Å²) in [6, 6.07) is 14.5. The summed E-state index contributed by atoms with van der Waals surface area (Å²) in [5, 5.41) is 3.62. The van der Waals surface area contributed by atoms with Gasteiger partial charge >= 0.3 is 0 Å². The van der Waals surface area contributed by atoms with E-state index in [-0.39, 0.29) is 11.7 Å². The van der Waals surface area contributed by atoms with E-state index in [1.54, 1.807) is 6.20 Å². The third kappa shape index (κ3) is 5.66.